The van der Waals surface area contributed by atoms with Gasteiger partial charge < -0.3 is 10.0 Å². The standard InChI is InChI=1S/C21H23N3O3/c1-23(15-17-9-5-6-10-19(17)25)20(26)11-12-21(27)24-14-13-18(22-24)16-7-3-2-4-8-16/h2-10,25H,11-15H2,1H3. The first-order valence-electron chi connectivity index (χ1n) is 8.98. The summed E-state index contributed by atoms with van der Waals surface area (Å²) in [6.07, 6.45) is 0.960. The van der Waals surface area contributed by atoms with Gasteiger partial charge in [0, 0.05) is 38.4 Å². The molecule has 140 valence electrons. The predicted molar refractivity (Wildman–Crippen MR) is 103 cm³/mol. The lowest BCUT2D eigenvalue weighted by molar-refractivity contribution is -0.136. The molecule has 2 amide bonds. The van der Waals surface area contributed by atoms with Gasteiger partial charge in [-0.15, -0.1) is 0 Å². The van der Waals surface area contributed by atoms with Crippen molar-refractivity contribution in [3.63, 3.8) is 0 Å². The first-order chi connectivity index (χ1) is 13.0. The summed E-state index contributed by atoms with van der Waals surface area (Å²) in [4.78, 5) is 26.2. The lowest BCUT2D eigenvalue weighted by Gasteiger charge is -2.18. The number of phenolic OH excluding ortho intramolecular Hbond substituents is 1. The fourth-order valence-corrected chi connectivity index (χ4v) is 2.99. The first kappa shape index (κ1) is 18.6. The Bertz CT molecular complexity index is 849. The number of amides is 2. The van der Waals surface area contributed by atoms with Gasteiger partial charge in [0.05, 0.1) is 12.3 Å². The molecule has 1 aliphatic rings. The summed E-state index contributed by atoms with van der Waals surface area (Å²) >= 11 is 0. The highest BCUT2D eigenvalue weighted by Crippen LogP contribution is 2.18. The smallest absolute Gasteiger partial charge is 0.243 e. The molecule has 1 heterocycles. The Morgan fingerprint density at radius 2 is 1.78 bits per heavy atom. The Kier molecular flexibility index (Phi) is 5.86. The van der Waals surface area contributed by atoms with E-state index in [1.54, 1.807) is 25.2 Å². The highest BCUT2D eigenvalue weighted by Gasteiger charge is 2.22. The Balaban J connectivity index is 1.51. The average molecular weight is 365 g/mol. The van der Waals surface area contributed by atoms with Crippen LogP contribution in [0.15, 0.2) is 59.7 Å². The van der Waals surface area contributed by atoms with Crippen LogP contribution in [0.2, 0.25) is 0 Å². The minimum Gasteiger partial charge on any atom is -0.508 e. The van der Waals surface area contributed by atoms with Crippen LogP contribution in [0.25, 0.3) is 0 Å². The zero-order valence-corrected chi connectivity index (χ0v) is 15.3. The van der Waals surface area contributed by atoms with E-state index in [-0.39, 0.29) is 30.4 Å². The molecule has 0 atom stereocenters. The van der Waals surface area contributed by atoms with Crippen LogP contribution in [-0.4, -0.2) is 46.1 Å². The van der Waals surface area contributed by atoms with E-state index in [4.69, 9.17) is 0 Å². The molecule has 0 aromatic heterocycles. The van der Waals surface area contributed by atoms with Crippen molar-refractivity contribution < 1.29 is 14.7 Å². The monoisotopic (exact) mass is 365 g/mol. The van der Waals surface area contributed by atoms with Crippen molar-refractivity contribution in [3.05, 3.63) is 65.7 Å². The zero-order valence-electron chi connectivity index (χ0n) is 15.3. The van der Waals surface area contributed by atoms with Crippen LogP contribution in [-0.2, 0) is 16.1 Å². The Labute approximate surface area is 158 Å². The summed E-state index contributed by atoms with van der Waals surface area (Å²) < 4.78 is 0. The van der Waals surface area contributed by atoms with Crippen LogP contribution >= 0.6 is 0 Å². The molecule has 0 aliphatic carbocycles. The number of hydrazone groups is 1. The molecule has 27 heavy (non-hydrogen) atoms. The van der Waals surface area contributed by atoms with Crippen molar-refractivity contribution in [3.8, 4) is 5.75 Å². The van der Waals surface area contributed by atoms with Gasteiger partial charge in [0.25, 0.3) is 0 Å². The maximum atomic E-state index is 12.4. The number of hydrogen-bond donors (Lipinski definition) is 1. The highest BCUT2D eigenvalue weighted by atomic mass is 16.3. The molecular weight excluding hydrogens is 342 g/mol. The van der Waals surface area contributed by atoms with E-state index in [9.17, 15) is 14.7 Å². The van der Waals surface area contributed by atoms with E-state index in [0.717, 1.165) is 17.7 Å². The molecular formula is C21H23N3O3. The van der Waals surface area contributed by atoms with Gasteiger partial charge in [-0.2, -0.15) is 5.10 Å². The van der Waals surface area contributed by atoms with Gasteiger partial charge in [-0.25, -0.2) is 5.01 Å². The molecule has 6 heteroatoms. The number of benzene rings is 2. The van der Waals surface area contributed by atoms with Gasteiger partial charge >= 0.3 is 0 Å². The molecule has 0 saturated carbocycles. The molecule has 0 spiro atoms. The number of hydrogen-bond acceptors (Lipinski definition) is 4. The van der Waals surface area contributed by atoms with Crippen LogP contribution in [0.1, 0.15) is 30.4 Å². The van der Waals surface area contributed by atoms with Crippen LogP contribution < -0.4 is 0 Å². The molecule has 2 aromatic carbocycles. The largest absolute Gasteiger partial charge is 0.508 e. The molecule has 1 N–H and O–H groups in total. The number of para-hydroxylation sites is 1. The lowest BCUT2D eigenvalue weighted by atomic mass is 10.1. The first-order valence-corrected chi connectivity index (χ1v) is 8.98. The molecule has 0 fully saturated rings. The summed E-state index contributed by atoms with van der Waals surface area (Å²) in [5.74, 6) is -0.128. The molecule has 3 rings (SSSR count). The summed E-state index contributed by atoms with van der Waals surface area (Å²) in [6.45, 7) is 0.852. The lowest BCUT2D eigenvalue weighted by Crippen LogP contribution is -2.29. The Morgan fingerprint density at radius 3 is 2.52 bits per heavy atom. The van der Waals surface area contributed by atoms with Gasteiger partial charge in [0.2, 0.25) is 11.8 Å². The Hall–Kier alpha value is -3.15. The molecule has 6 nitrogen and oxygen atoms in total. The maximum absolute atomic E-state index is 12.4. The van der Waals surface area contributed by atoms with Crippen LogP contribution in [0.5, 0.6) is 5.75 Å². The van der Waals surface area contributed by atoms with Crippen molar-refractivity contribution in [2.24, 2.45) is 5.10 Å². The average Bonchev–Trinajstić information content (AvgIpc) is 3.18. The number of nitrogens with zero attached hydrogens (tertiary/aromatic N) is 3. The third kappa shape index (κ3) is 4.73. The number of carbonyl (C=O) groups excluding carboxylic acids is 2. The third-order valence-corrected chi connectivity index (χ3v) is 4.57. The van der Waals surface area contributed by atoms with Gasteiger partial charge in [0.15, 0.2) is 0 Å². The van der Waals surface area contributed by atoms with E-state index >= 15 is 0 Å². The fraction of sp³-hybridized carbons (Fsp3) is 0.286. The quantitative estimate of drug-likeness (QED) is 0.855. The van der Waals surface area contributed by atoms with Crippen LogP contribution in [0.4, 0.5) is 0 Å². The van der Waals surface area contributed by atoms with Gasteiger partial charge in [-0.05, 0) is 11.6 Å². The van der Waals surface area contributed by atoms with Crippen LogP contribution in [0, 0.1) is 0 Å². The second kappa shape index (κ2) is 8.49. The maximum Gasteiger partial charge on any atom is 0.243 e. The summed E-state index contributed by atoms with van der Waals surface area (Å²) in [7, 11) is 1.67. The van der Waals surface area contributed by atoms with Crippen LogP contribution in [0.3, 0.4) is 0 Å². The summed E-state index contributed by atoms with van der Waals surface area (Å²) in [5.41, 5.74) is 2.59. The number of aromatic hydroxyl groups is 1. The zero-order chi connectivity index (χ0) is 19.2. The van der Waals surface area contributed by atoms with E-state index in [0.29, 0.717) is 18.7 Å². The Morgan fingerprint density at radius 1 is 1.07 bits per heavy atom. The molecule has 1 aliphatic heterocycles. The second-order valence-electron chi connectivity index (χ2n) is 6.56. The molecule has 0 unspecified atom stereocenters. The van der Waals surface area contributed by atoms with Gasteiger partial charge in [0.1, 0.15) is 5.75 Å². The number of rotatable bonds is 6. The second-order valence-corrected chi connectivity index (χ2v) is 6.56. The third-order valence-electron chi connectivity index (χ3n) is 4.57. The van der Waals surface area contributed by atoms with Crippen molar-refractivity contribution in [2.75, 3.05) is 13.6 Å². The normalized spacial score (nSPS) is 13.4. The molecule has 0 bridgehead atoms. The number of carbonyl (C=O) groups is 2. The van der Waals surface area contributed by atoms with E-state index in [2.05, 4.69) is 5.10 Å². The number of phenols is 1. The fourth-order valence-electron chi connectivity index (χ4n) is 2.99. The molecule has 0 saturated heterocycles. The summed E-state index contributed by atoms with van der Waals surface area (Å²) in [5, 5.41) is 15.7. The van der Waals surface area contributed by atoms with Crippen molar-refractivity contribution in [1.82, 2.24) is 9.91 Å². The molecule has 2 aromatic rings. The van der Waals surface area contributed by atoms with Gasteiger partial charge in [-0.3, -0.25) is 9.59 Å². The van der Waals surface area contributed by atoms with Gasteiger partial charge in [-0.1, -0.05) is 48.5 Å². The van der Waals surface area contributed by atoms with Crippen molar-refractivity contribution in [2.45, 2.75) is 25.8 Å². The topological polar surface area (TPSA) is 73.2 Å². The molecule has 0 radical (unpaired) electrons. The minimum atomic E-state index is -0.148. The van der Waals surface area contributed by atoms with E-state index < -0.39 is 0 Å². The predicted octanol–water partition coefficient (Wildman–Crippen LogP) is 2.77. The SMILES string of the molecule is CN(Cc1ccccc1O)C(=O)CCC(=O)N1CCC(c2ccccc2)=N1. The summed E-state index contributed by atoms with van der Waals surface area (Å²) in [6, 6.07) is 16.7. The highest BCUT2D eigenvalue weighted by molar-refractivity contribution is 6.02. The van der Waals surface area contributed by atoms with E-state index in [1.165, 1.54) is 9.91 Å². The van der Waals surface area contributed by atoms with Crippen molar-refractivity contribution >= 4 is 17.5 Å². The van der Waals surface area contributed by atoms with Crippen molar-refractivity contribution in [1.29, 1.82) is 0 Å². The van der Waals surface area contributed by atoms with E-state index in [1.807, 2.05) is 36.4 Å². The minimum absolute atomic E-state index is 0.121.